The van der Waals surface area contributed by atoms with Crippen molar-refractivity contribution in [2.45, 2.75) is 12.8 Å². The molecule has 1 aliphatic carbocycles. The lowest BCUT2D eigenvalue weighted by Crippen LogP contribution is -2.40. The zero-order valence-electron chi connectivity index (χ0n) is 7.42. The van der Waals surface area contributed by atoms with Crippen molar-refractivity contribution < 1.29 is 9.84 Å². The minimum absolute atomic E-state index is 0.115. The Kier molecular flexibility index (Phi) is 2.35. The van der Waals surface area contributed by atoms with E-state index >= 15 is 0 Å². The van der Waals surface area contributed by atoms with E-state index in [0.717, 1.165) is 45.7 Å². The van der Waals surface area contributed by atoms with Crippen LogP contribution in [-0.2, 0) is 9.84 Å². The fourth-order valence-corrected chi connectivity index (χ4v) is 1.76. The van der Waals surface area contributed by atoms with Crippen molar-refractivity contribution in [1.82, 2.24) is 4.90 Å². The molecule has 0 atom stereocenters. The number of hydrogen-bond donors (Lipinski definition) is 0. The van der Waals surface area contributed by atoms with Crippen LogP contribution in [0.4, 0.5) is 0 Å². The fourth-order valence-electron chi connectivity index (χ4n) is 1.76. The van der Waals surface area contributed by atoms with Crippen LogP contribution < -0.4 is 0 Å². The van der Waals surface area contributed by atoms with Crippen molar-refractivity contribution in [3.63, 3.8) is 0 Å². The summed E-state index contributed by atoms with van der Waals surface area (Å²) in [7, 11) is 0. The molecular weight excluding hydrogens is 154 g/mol. The van der Waals surface area contributed by atoms with Crippen LogP contribution in [-0.4, -0.2) is 44.4 Å². The second kappa shape index (κ2) is 3.32. The molecule has 3 nitrogen and oxygen atoms in total. The molecule has 2 aliphatic rings. The van der Waals surface area contributed by atoms with Crippen molar-refractivity contribution in [3.05, 3.63) is 0 Å². The first kappa shape index (κ1) is 8.48. The highest BCUT2D eigenvalue weighted by atomic mass is 16.5. The first-order valence-corrected chi connectivity index (χ1v) is 4.73. The average molecular weight is 170 g/mol. The number of hydrogen-bond acceptors (Lipinski definition) is 2. The van der Waals surface area contributed by atoms with Gasteiger partial charge >= 0.3 is 0 Å². The Labute approximate surface area is 73.3 Å². The molecule has 2 rings (SSSR count). The molecule has 0 aromatic carbocycles. The largest absolute Gasteiger partial charge is 0.379 e. The minimum Gasteiger partial charge on any atom is -0.379 e. The molecule has 12 heavy (non-hydrogen) atoms. The van der Waals surface area contributed by atoms with Crippen LogP contribution in [0.3, 0.4) is 0 Å². The maximum absolute atomic E-state index is 10.8. The lowest BCUT2D eigenvalue weighted by Gasteiger charge is -2.29. The summed E-state index contributed by atoms with van der Waals surface area (Å²) in [6, 6.07) is 0. The summed E-state index contributed by atoms with van der Waals surface area (Å²) in [5.74, 6) is 0. The number of rotatable bonds is 3. The van der Waals surface area contributed by atoms with Gasteiger partial charge in [0.05, 0.1) is 19.8 Å². The second-order valence-electron chi connectivity index (χ2n) is 4.03. The first-order chi connectivity index (χ1) is 5.85. The molecule has 1 saturated carbocycles. The van der Waals surface area contributed by atoms with Crippen molar-refractivity contribution in [3.8, 4) is 0 Å². The fraction of sp³-hybridized carbons (Fsp3) is 1.00. The molecular formula is C9H16NO2. The van der Waals surface area contributed by atoms with Gasteiger partial charge in [-0.15, -0.1) is 0 Å². The third kappa shape index (κ3) is 1.79. The molecule has 0 aromatic rings. The molecule has 0 bridgehead atoms. The molecule has 1 aliphatic heterocycles. The maximum Gasteiger partial charge on any atom is 0.0890 e. The van der Waals surface area contributed by atoms with Gasteiger partial charge in [0.25, 0.3) is 0 Å². The van der Waals surface area contributed by atoms with Gasteiger partial charge in [0.1, 0.15) is 0 Å². The van der Waals surface area contributed by atoms with E-state index in [2.05, 4.69) is 4.90 Å². The SMILES string of the molecule is [O]CC1(CN2CCOCC2)CC1. The van der Waals surface area contributed by atoms with Gasteiger partial charge < -0.3 is 4.74 Å². The molecule has 69 valence electrons. The van der Waals surface area contributed by atoms with E-state index < -0.39 is 0 Å². The molecule has 1 radical (unpaired) electrons. The minimum atomic E-state index is 0.115. The monoisotopic (exact) mass is 170 g/mol. The van der Waals surface area contributed by atoms with Crippen molar-refractivity contribution in [2.75, 3.05) is 39.5 Å². The van der Waals surface area contributed by atoms with Crippen molar-refractivity contribution in [2.24, 2.45) is 5.41 Å². The van der Waals surface area contributed by atoms with Crippen molar-refractivity contribution >= 4 is 0 Å². The van der Waals surface area contributed by atoms with E-state index in [4.69, 9.17) is 4.74 Å². The Morgan fingerprint density at radius 2 is 1.92 bits per heavy atom. The van der Waals surface area contributed by atoms with Gasteiger partial charge in [-0.25, -0.2) is 5.11 Å². The van der Waals surface area contributed by atoms with Gasteiger partial charge in [-0.1, -0.05) is 0 Å². The van der Waals surface area contributed by atoms with Gasteiger partial charge in [-0.3, -0.25) is 4.90 Å². The van der Waals surface area contributed by atoms with Gasteiger partial charge in [0, 0.05) is 25.0 Å². The summed E-state index contributed by atoms with van der Waals surface area (Å²) in [5, 5.41) is 10.8. The highest BCUT2D eigenvalue weighted by Gasteiger charge is 2.43. The Bertz CT molecular complexity index is 151. The predicted molar refractivity (Wildman–Crippen MR) is 44.5 cm³/mol. The molecule has 0 amide bonds. The van der Waals surface area contributed by atoms with E-state index in [1.807, 2.05) is 0 Å². The molecule has 0 unspecified atom stereocenters. The molecule has 0 aromatic heterocycles. The molecule has 2 fully saturated rings. The Hall–Kier alpha value is -0.120. The van der Waals surface area contributed by atoms with E-state index in [1.54, 1.807) is 0 Å². The number of nitrogens with zero attached hydrogens (tertiary/aromatic N) is 1. The second-order valence-corrected chi connectivity index (χ2v) is 4.03. The lowest BCUT2D eigenvalue weighted by molar-refractivity contribution is 0.0163. The van der Waals surface area contributed by atoms with Crippen molar-refractivity contribution in [1.29, 1.82) is 0 Å². The third-order valence-corrected chi connectivity index (χ3v) is 2.93. The predicted octanol–water partition coefficient (Wildman–Crippen LogP) is 0.529. The van der Waals surface area contributed by atoms with Gasteiger partial charge in [0.2, 0.25) is 0 Å². The quantitative estimate of drug-likeness (QED) is 0.619. The molecule has 1 heterocycles. The van der Waals surface area contributed by atoms with Gasteiger partial charge in [0.15, 0.2) is 0 Å². The highest BCUT2D eigenvalue weighted by Crippen LogP contribution is 2.45. The van der Waals surface area contributed by atoms with Crippen LogP contribution in [0.2, 0.25) is 0 Å². The highest BCUT2D eigenvalue weighted by molar-refractivity contribution is 4.95. The van der Waals surface area contributed by atoms with Crippen LogP contribution in [0, 0.1) is 5.41 Å². The topological polar surface area (TPSA) is 32.4 Å². The number of morpholine rings is 1. The summed E-state index contributed by atoms with van der Waals surface area (Å²) in [6.45, 7) is 4.84. The normalized spacial score (nSPS) is 28.8. The Balaban J connectivity index is 1.77. The smallest absolute Gasteiger partial charge is 0.0890 e. The van der Waals surface area contributed by atoms with Crippen LogP contribution in [0.15, 0.2) is 0 Å². The molecule has 3 heteroatoms. The van der Waals surface area contributed by atoms with Gasteiger partial charge in [-0.2, -0.15) is 0 Å². The van der Waals surface area contributed by atoms with Gasteiger partial charge in [-0.05, 0) is 12.8 Å². The third-order valence-electron chi connectivity index (χ3n) is 2.93. The Morgan fingerprint density at radius 1 is 1.25 bits per heavy atom. The molecule has 0 spiro atoms. The summed E-state index contributed by atoms with van der Waals surface area (Å²) in [5.41, 5.74) is 0.164. The zero-order chi connectivity index (χ0) is 8.44. The van der Waals surface area contributed by atoms with Crippen LogP contribution in [0.5, 0.6) is 0 Å². The summed E-state index contributed by atoms with van der Waals surface area (Å²) >= 11 is 0. The maximum atomic E-state index is 10.8. The molecule has 0 N–H and O–H groups in total. The molecule has 1 saturated heterocycles. The lowest BCUT2D eigenvalue weighted by atomic mass is 10.1. The Morgan fingerprint density at radius 3 is 2.42 bits per heavy atom. The van der Waals surface area contributed by atoms with E-state index in [9.17, 15) is 5.11 Å². The summed E-state index contributed by atoms with van der Waals surface area (Å²) < 4.78 is 5.25. The van der Waals surface area contributed by atoms with E-state index in [0.29, 0.717) is 0 Å². The summed E-state index contributed by atoms with van der Waals surface area (Å²) in [4.78, 5) is 2.37. The average Bonchev–Trinajstić information content (AvgIpc) is 2.88. The van der Waals surface area contributed by atoms with E-state index in [-0.39, 0.29) is 12.0 Å². The van der Waals surface area contributed by atoms with E-state index in [1.165, 1.54) is 0 Å². The first-order valence-electron chi connectivity index (χ1n) is 4.73. The number of ether oxygens (including phenoxy) is 1. The van der Waals surface area contributed by atoms with Crippen LogP contribution >= 0.6 is 0 Å². The summed E-state index contributed by atoms with van der Waals surface area (Å²) in [6.07, 6.45) is 2.29. The zero-order valence-corrected chi connectivity index (χ0v) is 7.42. The van der Waals surface area contributed by atoms with Crippen LogP contribution in [0.1, 0.15) is 12.8 Å². The standard InChI is InChI=1S/C9H16NO2/c11-8-9(1-2-9)7-10-3-5-12-6-4-10/h1-8H2. The van der Waals surface area contributed by atoms with Crippen LogP contribution in [0.25, 0.3) is 0 Å².